The van der Waals surface area contributed by atoms with Crippen molar-refractivity contribution >= 4 is 69.4 Å². The standard InChI is InChI=1S/C40H42N8O8.C38H36N8O8/c1-6-7-8-9-10-11-12-21-32(55-39(53)26-17-13-15-19-30(26)43-45-33-24(2)28(22-41)35(49)47(4)37(33)51)56-40(54)27-18-14-16-20-31(27)44-46-34-25(3)29(23-42)36(50)48(5)38(34)52;1-21-27(17-39)33(47)45(3)35(49)31(21)43-41-29-11-7-5-9-25(29)37(51)53-19-23-13-15-24(16-14-23)20-54-38(52)26-10-6-8-12-30(26)42-44-32-22(2)28(18-40)34(48)46(4)36(32)50/h13-20,32,49-50H,6-12,21H2,1-5H3;5-12,23-24,47-48H,13-16,19-20H2,1-4H3. The number of carbonyl (C=O) groups is 4. The summed E-state index contributed by atoms with van der Waals surface area (Å²) in [6.07, 6.45) is 8.42. The van der Waals surface area contributed by atoms with E-state index in [4.69, 9.17) is 18.9 Å². The van der Waals surface area contributed by atoms with Crippen molar-refractivity contribution in [2.75, 3.05) is 13.2 Å². The molecular formula is C78H78N16O16. The maximum absolute atomic E-state index is 13.7. The molecule has 0 radical (unpaired) electrons. The van der Waals surface area contributed by atoms with Gasteiger partial charge in [-0.15, -0.1) is 40.9 Å². The maximum Gasteiger partial charge on any atom is 0.343 e. The normalized spacial score (nSPS) is 13.6. The predicted octanol–water partition coefficient (Wildman–Crippen LogP) is 14.7. The van der Waals surface area contributed by atoms with E-state index in [0.717, 1.165) is 82.5 Å². The van der Waals surface area contributed by atoms with Gasteiger partial charge in [0.05, 0.1) is 35.5 Å². The Morgan fingerprint density at radius 1 is 0.400 bits per heavy atom. The molecule has 566 valence electrons. The molecule has 4 N–H and O–H groups in total. The van der Waals surface area contributed by atoms with Gasteiger partial charge in [0.1, 0.15) is 69.3 Å². The van der Waals surface area contributed by atoms with E-state index in [-0.39, 0.29) is 144 Å². The number of esters is 4. The van der Waals surface area contributed by atoms with Crippen LogP contribution in [0.2, 0.25) is 0 Å². The molecule has 1 fully saturated rings. The van der Waals surface area contributed by atoms with Gasteiger partial charge < -0.3 is 39.4 Å². The summed E-state index contributed by atoms with van der Waals surface area (Å²) in [5, 5.41) is 111. The third kappa shape index (κ3) is 19.0. The highest BCUT2D eigenvalue weighted by atomic mass is 16.7. The lowest BCUT2D eigenvalue weighted by Gasteiger charge is -2.27. The third-order valence-electron chi connectivity index (χ3n) is 18.5. The molecule has 0 amide bonds. The zero-order valence-electron chi connectivity index (χ0n) is 61.7. The Morgan fingerprint density at radius 2 is 0.645 bits per heavy atom. The van der Waals surface area contributed by atoms with Crippen molar-refractivity contribution in [2.45, 2.75) is 118 Å². The van der Waals surface area contributed by atoms with Crippen molar-refractivity contribution in [2.24, 2.45) is 80.9 Å². The van der Waals surface area contributed by atoms with Crippen LogP contribution >= 0.6 is 0 Å². The zero-order valence-corrected chi connectivity index (χ0v) is 61.7. The molecule has 1 aliphatic carbocycles. The highest BCUT2D eigenvalue weighted by Gasteiger charge is 2.29. The number of pyridine rings is 4. The monoisotopic (exact) mass is 1490 g/mol. The summed E-state index contributed by atoms with van der Waals surface area (Å²) in [4.78, 5) is 105. The van der Waals surface area contributed by atoms with Crippen LogP contribution in [0, 0.1) is 84.9 Å². The van der Waals surface area contributed by atoms with E-state index in [1.165, 1.54) is 92.3 Å². The minimum atomic E-state index is -1.35. The van der Waals surface area contributed by atoms with E-state index < -0.39 is 75.9 Å². The van der Waals surface area contributed by atoms with E-state index in [1.807, 2.05) is 24.3 Å². The van der Waals surface area contributed by atoms with Crippen molar-refractivity contribution in [3.8, 4) is 47.8 Å². The van der Waals surface area contributed by atoms with E-state index >= 15 is 0 Å². The van der Waals surface area contributed by atoms with Crippen LogP contribution in [0.25, 0.3) is 0 Å². The SMILES string of the molecule is CCCCCCCCCC(OC(=O)c1ccccc1N=Nc1c(C)c(C#N)c(O)n(C)c1=O)OC(=O)c1ccccc1N=Nc1c(C)c(C#N)c(O)n(C)c1=O.Cc1c(C#N)c(O)n(C)c(=O)c1N=Nc1ccccc1C(=O)OCC1CCC(COC(=O)c2ccccc2N=Nc2c(C)c(C#N)c(O)n(C)c2=O)CC1. The Balaban J connectivity index is 0.000000277. The van der Waals surface area contributed by atoms with E-state index in [9.17, 15) is 79.8 Å². The third-order valence-corrected chi connectivity index (χ3v) is 18.5. The highest BCUT2D eigenvalue weighted by Crippen LogP contribution is 2.35. The van der Waals surface area contributed by atoms with Gasteiger partial charge in [-0.25, -0.2) is 19.2 Å². The molecule has 4 aromatic carbocycles. The fourth-order valence-electron chi connectivity index (χ4n) is 11.7. The molecule has 0 atom stereocenters. The lowest BCUT2D eigenvalue weighted by Crippen LogP contribution is -2.25. The molecule has 4 heterocycles. The smallest absolute Gasteiger partial charge is 0.343 e. The van der Waals surface area contributed by atoms with Crippen molar-refractivity contribution in [1.82, 2.24) is 18.3 Å². The number of carbonyl (C=O) groups excluding carboxylic acids is 4. The Hall–Kier alpha value is -13.9. The number of hydrogen-bond acceptors (Lipinski definition) is 28. The first-order valence-corrected chi connectivity index (χ1v) is 34.8. The van der Waals surface area contributed by atoms with Gasteiger partial charge in [0.2, 0.25) is 29.8 Å². The van der Waals surface area contributed by atoms with E-state index in [1.54, 1.807) is 60.7 Å². The number of hydrogen-bond donors (Lipinski definition) is 4. The summed E-state index contributed by atoms with van der Waals surface area (Å²) in [7, 11) is 5.17. The maximum atomic E-state index is 13.7. The minimum absolute atomic E-state index is 0.0208. The summed E-state index contributed by atoms with van der Waals surface area (Å²) in [6.45, 7) is 8.29. The Morgan fingerprint density at radius 3 is 0.909 bits per heavy atom. The van der Waals surface area contributed by atoms with Crippen LogP contribution in [0.4, 0.5) is 45.5 Å². The molecule has 110 heavy (non-hydrogen) atoms. The molecule has 8 aromatic rings. The quantitative estimate of drug-likeness (QED) is 0.0129. The molecule has 0 aliphatic heterocycles. The lowest BCUT2D eigenvalue weighted by atomic mass is 9.83. The van der Waals surface area contributed by atoms with Gasteiger partial charge in [0, 0.05) is 56.9 Å². The van der Waals surface area contributed by atoms with Crippen LogP contribution < -0.4 is 22.2 Å². The van der Waals surface area contributed by atoms with Gasteiger partial charge in [-0.05, 0) is 120 Å². The number of unbranched alkanes of at least 4 members (excludes halogenated alkanes) is 6. The van der Waals surface area contributed by atoms with E-state index in [0.29, 0.717) is 6.42 Å². The van der Waals surface area contributed by atoms with Gasteiger partial charge in [0.25, 0.3) is 22.2 Å². The molecule has 32 nitrogen and oxygen atoms in total. The Bertz CT molecular complexity index is 5120. The van der Waals surface area contributed by atoms with Crippen molar-refractivity contribution in [3.05, 3.63) is 205 Å². The summed E-state index contributed by atoms with van der Waals surface area (Å²) in [5.41, 5.74) is -2.89. The zero-order chi connectivity index (χ0) is 80.0. The highest BCUT2D eigenvalue weighted by molar-refractivity contribution is 5.97. The molecular weight excluding hydrogens is 1420 g/mol. The summed E-state index contributed by atoms with van der Waals surface area (Å²) >= 11 is 0. The van der Waals surface area contributed by atoms with Crippen LogP contribution in [-0.4, -0.2) is 82.1 Å². The number of azo groups is 4. The van der Waals surface area contributed by atoms with Crippen LogP contribution in [0.5, 0.6) is 23.5 Å². The first kappa shape index (κ1) is 81.8. The molecule has 0 saturated heterocycles. The number of ether oxygens (including phenoxy) is 4. The van der Waals surface area contributed by atoms with Crippen molar-refractivity contribution in [3.63, 3.8) is 0 Å². The number of benzene rings is 4. The molecule has 1 saturated carbocycles. The lowest BCUT2D eigenvalue weighted by molar-refractivity contribution is -0.0837. The largest absolute Gasteiger partial charge is 0.493 e. The average Bonchev–Trinajstić information content (AvgIpc) is 0.804. The fraction of sp³-hybridized carbons (Fsp3) is 0.333. The summed E-state index contributed by atoms with van der Waals surface area (Å²) in [6, 6.07) is 32.2. The molecule has 9 rings (SSSR count). The fourth-order valence-corrected chi connectivity index (χ4v) is 11.7. The first-order chi connectivity index (χ1) is 52.7. The molecule has 0 unspecified atom stereocenters. The van der Waals surface area contributed by atoms with Gasteiger partial charge in [-0.3, -0.25) is 37.4 Å². The molecule has 0 spiro atoms. The topological polar surface area (TPSA) is 468 Å². The number of rotatable bonds is 26. The van der Waals surface area contributed by atoms with E-state index in [2.05, 4.69) is 47.8 Å². The second-order valence-electron chi connectivity index (χ2n) is 25.7. The predicted molar refractivity (Wildman–Crippen MR) is 397 cm³/mol. The van der Waals surface area contributed by atoms with Gasteiger partial charge in [-0.1, -0.05) is 94.0 Å². The summed E-state index contributed by atoms with van der Waals surface area (Å²) in [5.74, 6) is -4.84. The van der Waals surface area contributed by atoms with Gasteiger partial charge >= 0.3 is 23.9 Å². The Labute approximate surface area is 629 Å². The number of aromatic nitrogens is 4. The Kier molecular flexibility index (Phi) is 28.2. The van der Waals surface area contributed by atoms with Crippen LogP contribution in [0.1, 0.15) is 170 Å². The number of nitrogens with zero attached hydrogens (tertiary/aromatic N) is 16. The average molecular weight is 1500 g/mol. The van der Waals surface area contributed by atoms with Crippen LogP contribution in [-0.2, 0) is 47.1 Å². The number of nitriles is 4. The molecule has 0 bridgehead atoms. The second kappa shape index (κ2) is 37.9. The van der Waals surface area contributed by atoms with Crippen LogP contribution in [0.3, 0.4) is 0 Å². The molecule has 32 heteroatoms. The second-order valence-corrected chi connectivity index (χ2v) is 25.7. The molecule has 1 aliphatic rings. The molecule has 4 aromatic heterocycles. The van der Waals surface area contributed by atoms with Crippen molar-refractivity contribution in [1.29, 1.82) is 21.0 Å². The van der Waals surface area contributed by atoms with Gasteiger partial charge in [0.15, 0.2) is 22.7 Å². The number of aromatic hydroxyl groups is 4. The van der Waals surface area contributed by atoms with Crippen molar-refractivity contribution < 1.29 is 58.6 Å². The minimum Gasteiger partial charge on any atom is -0.493 e. The first-order valence-electron chi connectivity index (χ1n) is 34.8. The van der Waals surface area contributed by atoms with Crippen LogP contribution in [0.15, 0.2) is 157 Å². The van der Waals surface area contributed by atoms with Gasteiger partial charge in [-0.2, -0.15) is 21.0 Å². The summed E-state index contributed by atoms with van der Waals surface area (Å²) < 4.78 is 26.3.